The summed E-state index contributed by atoms with van der Waals surface area (Å²) in [5, 5.41) is 6.16. The van der Waals surface area contributed by atoms with Gasteiger partial charge in [-0.2, -0.15) is 24.5 Å². The van der Waals surface area contributed by atoms with Crippen LogP contribution in [-0.4, -0.2) is 30.3 Å². The van der Waals surface area contributed by atoms with E-state index in [-0.39, 0.29) is 31.3 Å². The summed E-state index contributed by atoms with van der Waals surface area (Å²) < 4.78 is 37.6. The summed E-state index contributed by atoms with van der Waals surface area (Å²) in [5.41, 5.74) is 0.433. The van der Waals surface area contributed by atoms with Crippen molar-refractivity contribution in [2.75, 3.05) is 13.6 Å². The molecule has 1 aromatic carbocycles. The van der Waals surface area contributed by atoms with Crippen LogP contribution in [0.25, 0.3) is 0 Å². The molecule has 0 atom stereocenters. The molecular formula is C17H17F3N2O2S. The molecule has 0 radical (unpaired) electrons. The average molecular weight is 370 g/mol. The van der Waals surface area contributed by atoms with Gasteiger partial charge < -0.3 is 10.2 Å². The highest BCUT2D eigenvalue weighted by Crippen LogP contribution is 2.29. The zero-order chi connectivity index (χ0) is 18.4. The first kappa shape index (κ1) is 19.0. The van der Waals surface area contributed by atoms with Gasteiger partial charge in [-0.15, -0.1) is 0 Å². The predicted octanol–water partition coefficient (Wildman–Crippen LogP) is 3.55. The average Bonchev–Trinajstić information content (AvgIpc) is 3.08. The van der Waals surface area contributed by atoms with E-state index in [1.165, 1.54) is 28.4 Å². The van der Waals surface area contributed by atoms with E-state index in [1.54, 1.807) is 23.9 Å². The Morgan fingerprint density at radius 2 is 1.84 bits per heavy atom. The Bertz CT molecular complexity index is 712. The molecule has 0 saturated heterocycles. The molecule has 4 nitrogen and oxygen atoms in total. The van der Waals surface area contributed by atoms with Crippen molar-refractivity contribution in [1.29, 1.82) is 0 Å². The molecule has 1 heterocycles. The fraction of sp³-hybridized carbons (Fsp3) is 0.294. The lowest BCUT2D eigenvalue weighted by atomic mass is 10.1. The Labute approximate surface area is 147 Å². The van der Waals surface area contributed by atoms with Crippen LogP contribution >= 0.6 is 11.3 Å². The maximum absolute atomic E-state index is 12.5. The number of nitrogens with zero attached hydrogens (tertiary/aromatic N) is 1. The second kappa shape index (κ2) is 8.15. The quantitative estimate of drug-likeness (QED) is 0.846. The highest BCUT2D eigenvalue weighted by molar-refractivity contribution is 7.08. The van der Waals surface area contributed by atoms with Crippen LogP contribution in [0.4, 0.5) is 13.2 Å². The van der Waals surface area contributed by atoms with Gasteiger partial charge in [0.15, 0.2) is 0 Å². The molecule has 0 fully saturated rings. The number of halogens is 3. The summed E-state index contributed by atoms with van der Waals surface area (Å²) in [5.74, 6) is -0.440. The summed E-state index contributed by atoms with van der Waals surface area (Å²) >= 11 is 1.41. The molecule has 0 aliphatic carbocycles. The summed E-state index contributed by atoms with van der Waals surface area (Å²) in [6, 6.07) is 6.39. The molecule has 0 aliphatic rings. The lowest BCUT2D eigenvalue weighted by molar-refractivity contribution is -0.137. The Kier molecular flexibility index (Phi) is 6.19. The van der Waals surface area contributed by atoms with Crippen LogP contribution in [0.5, 0.6) is 0 Å². The number of carbonyl (C=O) groups is 2. The Hall–Kier alpha value is -2.35. The normalized spacial score (nSPS) is 11.2. The van der Waals surface area contributed by atoms with Gasteiger partial charge >= 0.3 is 6.18 Å². The highest BCUT2D eigenvalue weighted by atomic mass is 32.1. The number of thiophene rings is 1. The molecule has 1 N–H and O–H groups in total. The molecule has 0 bridgehead atoms. The van der Waals surface area contributed by atoms with E-state index < -0.39 is 11.7 Å². The zero-order valence-corrected chi connectivity index (χ0v) is 14.3. The first-order chi connectivity index (χ1) is 11.8. The van der Waals surface area contributed by atoms with Crippen LogP contribution in [0.15, 0.2) is 41.1 Å². The molecule has 2 rings (SSSR count). The molecule has 2 amide bonds. The van der Waals surface area contributed by atoms with E-state index in [9.17, 15) is 22.8 Å². The van der Waals surface area contributed by atoms with Gasteiger partial charge in [0.05, 0.1) is 5.56 Å². The van der Waals surface area contributed by atoms with Crippen LogP contribution in [0, 0.1) is 0 Å². The highest BCUT2D eigenvalue weighted by Gasteiger charge is 2.29. The van der Waals surface area contributed by atoms with Crippen LogP contribution in [0.2, 0.25) is 0 Å². The monoisotopic (exact) mass is 370 g/mol. The van der Waals surface area contributed by atoms with Gasteiger partial charge in [-0.25, -0.2) is 0 Å². The van der Waals surface area contributed by atoms with Crippen molar-refractivity contribution in [1.82, 2.24) is 10.2 Å². The molecule has 0 spiro atoms. The molecule has 25 heavy (non-hydrogen) atoms. The molecule has 0 unspecified atom stereocenters. The Morgan fingerprint density at radius 3 is 2.40 bits per heavy atom. The van der Waals surface area contributed by atoms with Gasteiger partial charge in [0, 0.05) is 37.5 Å². The number of amides is 2. The van der Waals surface area contributed by atoms with Gasteiger partial charge in [-0.05, 0) is 29.1 Å². The number of benzene rings is 1. The number of nitrogens with one attached hydrogen (secondary N) is 1. The van der Waals surface area contributed by atoms with Crippen molar-refractivity contribution in [3.05, 3.63) is 57.8 Å². The minimum atomic E-state index is -4.37. The van der Waals surface area contributed by atoms with E-state index in [0.717, 1.165) is 12.1 Å². The van der Waals surface area contributed by atoms with Gasteiger partial charge in [-0.1, -0.05) is 12.1 Å². The molecule has 0 aliphatic heterocycles. The molecule has 1 aromatic heterocycles. The first-order valence-corrected chi connectivity index (χ1v) is 8.42. The van der Waals surface area contributed by atoms with Crippen molar-refractivity contribution in [3.63, 3.8) is 0 Å². The fourth-order valence-electron chi connectivity index (χ4n) is 2.13. The fourth-order valence-corrected chi connectivity index (χ4v) is 2.77. The van der Waals surface area contributed by atoms with E-state index >= 15 is 0 Å². The van der Waals surface area contributed by atoms with Gasteiger partial charge in [-0.3, -0.25) is 9.59 Å². The van der Waals surface area contributed by atoms with E-state index in [4.69, 9.17) is 0 Å². The smallest absolute Gasteiger partial charge is 0.351 e. The number of carbonyl (C=O) groups excluding carboxylic acids is 2. The van der Waals surface area contributed by atoms with Gasteiger partial charge in [0.25, 0.3) is 5.91 Å². The third-order valence-electron chi connectivity index (χ3n) is 3.53. The Balaban J connectivity index is 1.79. The summed E-state index contributed by atoms with van der Waals surface area (Å²) in [4.78, 5) is 25.2. The summed E-state index contributed by atoms with van der Waals surface area (Å²) in [6.07, 6.45) is -4.26. The van der Waals surface area contributed by atoms with Crippen LogP contribution in [0.3, 0.4) is 0 Å². The lowest BCUT2D eigenvalue weighted by Gasteiger charge is -2.18. The number of hydrogen-bond donors (Lipinski definition) is 1. The number of rotatable bonds is 6. The lowest BCUT2D eigenvalue weighted by Crippen LogP contribution is -2.31. The van der Waals surface area contributed by atoms with E-state index in [0.29, 0.717) is 11.1 Å². The Morgan fingerprint density at radius 1 is 1.16 bits per heavy atom. The maximum Gasteiger partial charge on any atom is 0.416 e. The SMILES string of the molecule is CN(Cc1ccc(C(F)(F)F)cc1)C(=O)CCNC(=O)c1ccsc1. The molecule has 0 saturated carbocycles. The van der Waals surface area contributed by atoms with Crippen LogP contribution in [0.1, 0.15) is 27.9 Å². The van der Waals surface area contributed by atoms with Crippen molar-refractivity contribution in [2.45, 2.75) is 19.1 Å². The number of alkyl halides is 3. The second-order valence-corrected chi connectivity index (χ2v) is 6.24. The molecular weight excluding hydrogens is 353 g/mol. The minimum Gasteiger partial charge on any atom is -0.351 e. The van der Waals surface area contributed by atoms with Crippen LogP contribution < -0.4 is 5.32 Å². The van der Waals surface area contributed by atoms with Gasteiger partial charge in [0.2, 0.25) is 5.91 Å². The second-order valence-electron chi connectivity index (χ2n) is 5.46. The maximum atomic E-state index is 12.5. The van der Waals surface area contributed by atoms with E-state index in [1.807, 2.05) is 0 Å². The predicted molar refractivity (Wildman–Crippen MR) is 89.2 cm³/mol. The van der Waals surface area contributed by atoms with Crippen molar-refractivity contribution in [2.24, 2.45) is 0 Å². The summed E-state index contributed by atoms with van der Waals surface area (Å²) in [7, 11) is 1.57. The van der Waals surface area contributed by atoms with Crippen molar-refractivity contribution < 1.29 is 22.8 Å². The van der Waals surface area contributed by atoms with Gasteiger partial charge in [0.1, 0.15) is 0 Å². The van der Waals surface area contributed by atoms with Crippen LogP contribution in [-0.2, 0) is 17.5 Å². The van der Waals surface area contributed by atoms with Crippen molar-refractivity contribution in [3.8, 4) is 0 Å². The largest absolute Gasteiger partial charge is 0.416 e. The molecule has 8 heteroatoms. The topological polar surface area (TPSA) is 49.4 Å². The number of hydrogen-bond acceptors (Lipinski definition) is 3. The standard InChI is InChI=1S/C17H17F3N2O2S/c1-22(10-12-2-4-14(5-3-12)17(18,19)20)15(23)6-8-21-16(24)13-7-9-25-11-13/h2-5,7,9,11H,6,8,10H2,1H3,(H,21,24). The van der Waals surface area contributed by atoms with Crippen molar-refractivity contribution >= 4 is 23.2 Å². The first-order valence-electron chi connectivity index (χ1n) is 7.48. The van der Waals surface area contributed by atoms with E-state index in [2.05, 4.69) is 5.32 Å². The third-order valence-corrected chi connectivity index (χ3v) is 4.22. The molecule has 134 valence electrons. The summed E-state index contributed by atoms with van der Waals surface area (Å²) in [6.45, 7) is 0.403. The third kappa shape index (κ3) is 5.60. The minimum absolute atomic E-state index is 0.118. The zero-order valence-electron chi connectivity index (χ0n) is 13.5. The molecule has 2 aromatic rings.